The number of rotatable bonds is 5. The van der Waals surface area contributed by atoms with Gasteiger partial charge in [-0.15, -0.1) is 0 Å². The molecule has 1 rings (SSSR count). The molecule has 0 unspecified atom stereocenters. The molecule has 4 N–H and O–H groups in total. The minimum absolute atomic E-state index is 0.0387. The van der Waals surface area contributed by atoms with Gasteiger partial charge >= 0.3 is 0 Å². The second kappa shape index (κ2) is 7.39. The molecule has 0 aromatic heterocycles. The summed E-state index contributed by atoms with van der Waals surface area (Å²) >= 11 is 4.60. The van der Waals surface area contributed by atoms with E-state index in [0.717, 1.165) is 0 Å². The Morgan fingerprint density at radius 1 is 1.25 bits per heavy atom. The van der Waals surface area contributed by atoms with Gasteiger partial charge in [-0.25, -0.2) is 0 Å². The average molecular weight is 299 g/mol. The molecule has 0 aliphatic carbocycles. The number of amides is 1. The first kappa shape index (κ1) is 15.8. The number of nitrogens with one attached hydrogen (secondary N) is 2. The van der Waals surface area contributed by atoms with Gasteiger partial charge in [0.05, 0.1) is 20.8 Å². The van der Waals surface area contributed by atoms with E-state index >= 15 is 0 Å². The third-order valence-electron chi connectivity index (χ3n) is 2.31. The molecule has 110 valence electrons. The van der Waals surface area contributed by atoms with Gasteiger partial charge in [0.1, 0.15) is 0 Å². The first-order valence-corrected chi connectivity index (χ1v) is 6.18. The van der Waals surface area contributed by atoms with E-state index in [9.17, 15) is 4.79 Å². The molecule has 0 radical (unpaired) electrons. The standard InChI is InChI=1S/C12H17N3O4S/c1-4-19-10-8(17-2)5-7(6-9(10)18-3)11(16)14-15-12(13)20/h5-6H,4H2,1-3H3,(H,14,16)(H3,13,15,20). The summed E-state index contributed by atoms with van der Waals surface area (Å²) < 4.78 is 15.8. The normalized spacial score (nSPS) is 9.55. The maximum Gasteiger partial charge on any atom is 0.269 e. The third-order valence-corrected chi connectivity index (χ3v) is 2.41. The van der Waals surface area contributed by atoms with E-state index in [1.54, 1.807) is 0 Å². The highest BCUT2D eigenvalue weighted by atomic mass is 32.1. The maximum absolute atomic E-state index is 11.9. The molecule has 1 aromatic carbocycles. The summed E-state index contributed by atoms with van der Waals surface area (Å²) in [5.74, 6) is 0.798. The quantitative estimate of drug-likeness (QED) is 0.541. The highest BCUT2D eigenvalue weighted by molar-refractivity contribution is 7.80. The molecule has 0 atom stereocenters. The number of hydrogen-bond acceptors (Lipinski definition) is 5. The van der Waals surface area contributed by atoms with Crippen LogP contribution >= 0.6 is 12.2 Å². The van der Waals surface area contributed by atoms with Gasteiger partial charge in [-0.3, -0.25) is 15.6 Å². The van der Waals surface area contributed by atoms with Gasteiger partial charge in [0, 0.05) is 5.56 Å². The molecular formula is C12H17N3O4S. The Hall–Kier alpha value is -2.22. The number of hydrogen-bond donors (Lipinski definition) is 3. The van der Waals surface area contributed by atoms with Crippen molar-refractivity contribution < 1.29 is 19.0 Å². The number of nitrogens with two attached hydrogens (primary N) is 1. The van der Waals surface area contributed by atoms with Crippen molar-refractivity contribution in [2.45, 2.75) is 6.92 Å². The molecule has 7 nitrogen and oxygen atoms in total. The van der Waals surface area contributed by atoms with Crippen LogP contribution in [0.5, 0.6) is 17.2 Å². The van der Waals surface area contributed by atoms with E-state index in [-0.39, 0.29) is 5.11 Å². The van der Waals surface area contributed by atoms with Crippen LogP contribution in [0.3, 0.4) is 0 Å². The van der Waals surface area contributed by atoms with E-state index in [0.29, 0.717) is 29.4 Å². The van der Waals surface area contributed by atoms with Gasteiger partial charge < -0.3 is 19.9 Å². The predicted octanol–water partition coefficient (Wildman–Crippen LogP) is 0.581. The fourth-order valence-electron chi connectivity index (χ4n) is 1.49. The summed E-state index contributed by atoms with van der Waals surface area (Å²) in [7, 11) is 2.96. The summed E-state index contributed by atoms with van der Waals surface area (Å²) in [6.07, 6.45) is 0. The van der Waals surface area contributed by atoms with Crippen molar-refractivity contribution in [3.05, 3.63) is 17.7 Å². The van der Waals surface area contributed by atoms with E-state index in [1.165, 1.54) is 26.4 Å². The fraction of sp³-hybridized carbons (Fsp3) is 0.333. The molecule has 0 bridgehead atoms. The molecule has 1 aromatic rings. The lowest BCUT2D eigenvalue weighted by Crippen LogP contribution is -2.44. The van der Waals surface area contributed by atoms with Crippen molar-refractivity contribution in [1.82, 2.24) is 10.9 Å². The largest absolute Gasteiger partial charge is 0.493 e. The van der Waals surface area contributed by atoms with Crippen molar-refractivity contribution in [2.24, 2.45) is 5.73 Å². The van der Waals surface area contributed by atoms with Crippen LogP contribution in [0.15, 0.2) is 12.1 Å². The lowest BCUT2D eigenvalue weighted by molar-refractivity contribution is 0.0943. The van der Waals surface area contributed by atoms with Crippen LogP contribution in [-0.4, -0.2) is 31.8 Å². The number of hydrazine groups is 1. The molecule has 0 aliphatic rings. The smallest absolute Gasteiger partial charge is 0.269 e. The van der Waals surface area contributed by atoms with Gasteiger partial charge in [0.25, 0.3) is 5.91 Å². The van der Waals surface area contributed by atoms with Crippen molar-refractivity contribution in [3.8, 4) is 17.2 Å². The van der Waals surface area contributed by atoms with Gasteiger partial charge in [-0.1, -0.05) is 0 Å². The average Bonchev–Trinajstić information content (AvgIpc) is 2.44. The van der Waals surface area contributed by atoms with E-state index in [1.807, 2.05) is 6.92 Å². The number of benzene rings is 1. The van der Waals surface area contributed by atoms with Crippen molar-refractivity contribution in [2.75, 3.05) is 20.8 Å². The zero-order valence-corrected chi connectivity index (χ0v) is 12.3. The Balaban J connectivity index is 3.09. The van der Waals surface area contributed by atoms with Crippen LogP contribution in [0, 0.1) is 0 Å². The number of thiocarbonyl (C=S) groups is 1. The summed E-state index contributed by atoms with van der Waals surface area (Å²) in [5, 5.41) is -0.0387. The zero-order valence-electron chi connectivity index (χ0n) is 11.5. The highest BCUT2D eigenvalue weighted by Gasteiger charge is 2.17. The number of carbonyl (C=O) groups is 1. The molecule has 0 fully saturated rings. The van der Waals surface area contributed by atoms with Crippen molar-refractivity contribution in [3.63, 3.8) is 0 Å². The van der Waals surface area contributed by atoms with Crippen LogP contribution in [0.1, 0.15) is 17.3 Å². The number of methoxy groups -OCH3 is 2. The van der Waals surface area contributed by atoms with Gasteiger partial charge in [-0.05, 0) is 31.3 Å². The SMILES string of the molecule is CCOc1c(OC)cc(C(=O)NNC(N)=S)cc1OC. The number of ether oxygens (including phenoxy) is 3. The molecule has 0 saturated heterocycles. The second-order valence-electron chi connectivity index (χ2n) is 3.59. The first-order chi connectivity index (χ1) is 9.53. The fourth-order valence-corrected chi connectivity index (χ4v) is 1.54. The molecule has 8 heteroatoms. The van der Waals surface area contributed by atoms with Crippen molar-refractivity contribution in [1.29, 1.82) is 0 Å². The van der Waals surface area contributed by atoms with Crippen molar-refractivity contribution >= 4 is 23.2 Å². The number of carbonyl (C=O) groups excluding carboxylic acids is 1. The van der Waals surface area contributed by atoms with Gasteiger partial charge in [0.2, 0.25) is 5.75 Å². The zero-order chi connectivity index (χ0) is 15.1. The molecule has 0 spiro atoms. The lowest BCUT2D eigenvalue weighted by atomic mass is 10.1. The van der Waals surface area contributed by atoms with Crippen LogP contribution in [0.25, 0.3) is 0 Å². The molecular weight excluding hydrogens is 282 g/mol. The van der Waals surface area contributed by atoms with Crippen LogP contribution in [0.2, 0.25) is 0 Å². The second-order valence-corrected chi connectivity index (χ2v) is 4.03. The van der Waals surface area contributed by atoms with Gasteiger partial charge in [0.15, 0.2) is 16.6 Å². The minimum atomic E-state index is -0.433. The van der Waals surface area contributed by atoms with Crippen LogP contribution in [0.4, 0.5) is 0 Å². The third kappa shape index (κ3) is 3.89. The Morgan fingerprint density at radius 3 is 2.20 bits per heavy atom. The summed E-state index contributed by atoms with van der Waals surface area (Å²) in [4.78, 5) is 11.9. The monoisotopic (exact) mass is 299 g/mol. The lowest BCUT2D eigenvalue weighted by Gasteiger charge is -2.15. The molecule has 20 heavy (non-hydrogen) atoms. The Bertz CT molecular complexity index is 482. The predicted molar refractivity (Wildman–Crippen MR) is 78.1 cm³/mol. The van der Waals surface area contributed by atoms with Gasteiger partial charge in [-0.2, -0.15) is 0 Å². The highest BCUT2D eigenvalue weighted by Crippen LogP contribution is 2.38. The van der Waals surface area contributed by atoms with E-state index in [4.69, 9.17) is 19.9 Å². The summed E-state index contributed by atoms with van der Waals surface area (Å²) in [5.41, 5.74) is 10.2. The van der Waals surface area contributed by atoms with E-state index in [2.05, 4.69) is 23.1 Å². The van der Waals surface area contributed by atoms with Crippen LogP contribution < -0.4 is 30.8 Å². The Labute approximate surface area is 122 Å². The summed E-state index contributed by atoms with van der Waals surface area (Å²) in [6, 6.07) is 3.06. The van der Waals surface area contributed by atoms with E-state index < -0.39 is 5.91 Å². The topological polar surface area (TPSA) is 94.8 Å². The first-order valence-electron chi connectivity index (χ1n) is 5.78. The summed E-state index contributed by atoms with van der Waals surface area (Å²) in [6.45, 7) is 2.28. The minimum Gasteiger partial charge on any atom is -0.493 e. The molecule has 0 heterocycles. The Kier molecular flexibility index (Phi) is 5.85. The molecule has 0 saturated carbocycles. The molecule has 0 aliphatic heterocycles. The Morgan fingerprint density at radius 2 is 1.80 bits per heavy atom. The van der Waals surface area contributed by atoms with Crippen LogP contribution in [-0.2, 0) is 0 Å². The molecule has 1 amide bonds. The maximum atomic E-state index is 11.9.